The molecule has 0 spiro atoms. The lowest BCUT2D eigenvalue weighted by atomic mass is 10.1. The van der Waals surface area contributed by atoms with Gasteiger partial charge in [0.15, 0.2) is 0 Å². The number of rotatable bonds is 5. The zero-order valence-corrected chi connectivity index (χ0v) is 11.7. The summed E-state index contributed by atoms with van der Waals surface area (Å²) < 4.78 is 13.5. The largest absolute Gasteiger partial charge is 0.478 e. The summed E-state index contributed by atoms with van der Waals surface area (Å²) in [7, 11) is 0. The highest BCUT2D eigenvalue weighted by Crippen LogP contribution is 2.29. The van der Waals surface area contributed by atoms with Crippen LogP contribution in [0.3, 0.4) is 0 Å². The molecule has 0 aliphatic rings. The van der Waals surface area contributed by atoms with E-state index in [1.54, 1.807) is 0 Å². The number of halogens is 1. The number of nitrogens with zero attached hydrogens (tertiary/aromatic N) is 1. The van der Waals surface area contributed by atoms with Gasteiger partial charge in [-0.1, -0.05) is 0 Å². The van der Waals surface area contributed by atoms with E-state index in [1.165, 1.54) is 11.3 Å². The molecule has 8 heteroatoms. The molecule has 110 valence electrons. The molecule has 0 bridgehead atoms. The van der Waals surface area contributed by atoms with Gasteiger partial charge in [0.25, 0.3) is 5.69 Å². The van der Waals surface area contributed by atoms with Crippen LogP contribution >= 0.6 is 11.3 Å². The quantitative estimate of drug-likeness (QED) is 0.652. The van der Waals surface area contributed by atoms with Gasteiger partial charge >= 0.3 is 5.97 Å². The third-order valence-corrected chi connectivity index (χ3v) is 3.76. The van der Waals surface area contributed by atoms with Gasteiger partial charge < -0.3 is 10.4 Å². The number of nitrogens with one attached hydrogen (secondary N) is 1. The lowest BCUT2D eigenvalue weighted by Gasteiger charge is -2.08. The Labute approximate surface area is 123 Å². The number of carbonyl (C=O) groups is 1. The van der Waals surface area contributed by atoms with Crippen LogP contribution in [0.5, 0.6) is 0 Å². The molecule has 0 aliphatic carbocycles. The number of aryl methyl sites for hydroxylation is 1. The minimum atomic E-state index is -1.47. The van der Waals surface area contributed by atoms with E-state index in [4.69, 9.17) is 5.11 Å². The van der Waals surface area contributed by atoms with Gasteiger partial charge in [-0.3, -0.25) is 10.1 Å². The Balaban J connectivity index is 2.33. The van der Waals surface area contributed by atoms with Crippen molar-refractivity contribution in [2.24, 2.45) is 0 Å². The lowest BCUT2D eigenvalue weighted by Crippen LogP contribution is -2.07. The predicted octanol–water partition coefficient (Wildman–Crippen LogP) is 3.41. The average molecular weight is 310 g/mol. The van der Waals surface area contributed by atoms with Gasteiger partial charge in [-0.25, -0.2) is 9.18 Å². The number of hydrogen-bond acceptors (Lipinski definition) is 5. The third-order valence-electron chi connectivity index (χ3n) is 2.76. The number of benzene rings is 1. The number of carboxylic acid groups (broad SMARTS) is 1. The number of thiophene rings is 1. The van der Waals surface area contributed by atoms with Crippen molar-refractivity contribution in [2.45, 2.75) is 13.5 Å². The Bertz CT molecular complexity index is 714. The fourth-order valence-electron chi connectivity index (χ4n) is 1.78. The Morgan fingerprint density at radius 2 is 2.19 bits per heavy atom. The van der Waals surface area contributed by atoms with E-state index in [2.05, 4.69) is 5.32 Å². The molecule has 0 fully saturated rings. The summed E-state index contributed by atoms with van der Waals surface area (Å²) in [4.78, 5) is 23.1. The van der Waals surface area contributed by atoms with Crippen molar-refractivity contribution in [3.05, 3.63) is 55.5 Å². The number of nitro groups is 1. The Kier molecular flexibility index (Phi) is 4.18. The van der Waals surface area contributed by atoms with Crippen molar-refractivity contribution >= 4 is 28.7 Å². The van der Waals surface area contributed by atoms with E-state index < -0.39 is 28.0 Å². The standard InChI is InChI=1S/C13H11FN2O4S/c1-7-2-3-8(21-7)6-15-11-4-9(13(17)18)10(14)5-12(11)16(19)20/h2-5,15H,6H2,1H3,(H,17,18). The molecule has 0 saturated carbocycles. The van der Waals surface area contributed by atoms with Crippen LogP contribution in [0.25, 0.3) is 0 Å². The van der Waals surface area contributed by atoms with Gasteiger partial charge in [0.1, 0.15) is 11.5 Å². The molecule has 2 rings (SSSR count). The molecular weight excluding hydrogens is 299 g/mol. The van der Waals surface area contributed by atoms with Crippen LogP contribution in [0, 0.1) is 22.9 Å². The first-order chi connectivity index (χ1) is 9.88. The fraction of sp³-hybridized carbons (Fsp3) is 0.154. The normalized spacial score (nSPS) is 10.4. The van der Waals surface area contributed by atoms with Crippen LogP contribution < -0.4 is 5.32 Å². The fourth-order valence-corrected chi connectivity index (χ4v) is 2.61. The maximum absolute atomic E-state index is 13.5. The van der Waals surface area contributed by atoms with Crippen molar-refractivity contribution in [1.29, 1.82) is 0 Å². The first-order valence-electron chi connectivity index (χ1n) is 5.89. The Morgan fingerprint density at radius 3 is 2.71 bits per heavy atom. The van der Waals surface area contributed by atoms with Crippen LogP contribution in [0.4, 0.5) is 15.8 Å². The number of aromatic carboxylic acids is 1. The molecule has 0 atom stereocenters. The minimum absolute atomic E-state index is 0.0233. The molecular formula is C13H11FN2O4S. The third kappa shape index (κ3) is 3.34. The van der Waals surface area contributed by atoms with Crippen molar-refractivity contribution in [2.75, 3.05) is 5.32 Å². The monoisotopic (exact) mass is 310 g/mol. The molecule has 0 aliphatic heterocycles. The predicted molar refractivity (Wildman–Crippen MR) is 76.4 cm³/mol. The van der Waals surface area contributed by atoms with E-state index >= 15 is 0 Å². The van der Waals surface area contributed by atoms with E-state index in [1.807, 2.05) is 19.1 Å². The topological polar surface area (TPSA) is 92.5 Å². The maximum Gasteiger partial charge on any atom is 0.338 e. The zero-order chi connectivity index (χ0) is 15.6. The highest BCUT2D eigenvalue weighted by molar-refractivity contribution is 7.11. The summed E-state index contributed by atoms with van der Waals surface area (Å²) in [5.41, 5.74) is -1.12. The van der Waals surface area contributed by atoms with Crippen LogP contribution in [0.2, 0.25) is 0 Å². The van der Waals surface area contributed by atoms with Crippen molar-refractivity contribution in [3.63, 3.8) is 0 Å². The van der Waals surface area contributed by atoms with Crippen molar-refractivity contribution in [1.82, 2.24) is 0 Å². The minimum Gasteiger partial charge on any atom is -0.478 e. The van der Waals surface area contributed by atoms with Gasteiger partial charge in [-0.2, -0.15) is 0 Å². The average Bonchev–Trinajstić information content (AvgIpc) is 2.82. The smallest absolute Gasteiger partial charge is 0.338 e. The summed E-state index contributed by atoms with van der Waals surface area (Å²) in [5, 5.41) is 22.6. The molecule has 6 nitrogen and oxygen atoms in total. The molecule has 1 heterocycles. The van der Waals surface area contributed by atoms with Gasteiger partial charge in [0.2, 0.25) is 0 Å². The highest BCUT2D eigenvalue weighted by Gasteiger charge is 2.21. The molecule has 1 aromatic carbocycles. The van der Waals surface area contributed by atoms with E-state index in [-0.39, 0.29) is 5.69 Å². The summed E-state index contributed by atoms with van der Waals surface area (Å²) in [6.07, 6.45) is 0. The van der Waals surface area contributed by atoms with Gasteiger partial charge in [0.05, 0.1) is 16.6 Å². The van der Waals surface area contributed by atoms with Gasteiger partial charge in [-0.05, 0) is 25.1 Å². The van der Waals surface area contributed by atoms with E-state index in [9.17, 15) is 19.3 Å². The SMILES string of the molecule is Cc1ccc(CNc2cc(C(=O)O)c(F)cc2[N+](=O)[O-])s1. The summed E-state index contributed by atoms with van der Waals surface area (Å²) >= 11 is 1.51. The first-order valence-corrected chi connectivity index (χ1v) is 6.70. The Morgan fingerprint density at radius 1 is 1.48 bits per heavy atom. The molecule has 0 unspecified atom stereocenters. The van der Waals surface area contributed by atoms with Crippen LogP contribution in [-0.2, 0) is 6.54 Å². The van der Waals surface area contributed by atoms with Gasteiger partial charge in [-0.15, -0.1) is 11.3 Å². The number of carboxylic acids is 1. The van der Waals surface area contributed by atoms with Crippen LogP contribution in [-0.4, -0.2) is 16.0 Å². The van der Waals surface area contributed by atoms with Crippen LogP contribution in [0.15, 0.2) is 24.3 Å². The molecule has 0 radical (unpaired) electrons. The second kappa shape index (κ2) is 5.88. The first kappa shape index (κ1) is 14.9. The van der Waals surface area contributed by atoms with Crippen LogP contribution in [0.1, 0.15) is 20.1 Å². The number of hydrogen-bond donors (Lipinski definition) is 2. The van der Waals surface area contributed by atoms with Gasteiger partial charge in [0, 0.05) is 16.3 Å². The molecule has 0 saturated heterocycles. The Hall–Kier alpha value is -2.48. The molecule has 2 N–H and O–H groups in total. The molecule has 0 amide bonds. The molecule has 1 aromatic heterocycles. The second-order valence-electron chi connectivity index (χ2n) is 4.28. The number of nitro benzene ring substituents is 1. The lowest BCUT2D eigenvalue weighted by molar-refractivity contribution is -0.384. The summed E-state index contributed by atoms with van der Waals surface area (Å²) in [6.45, 7) is 2.22. The second-order valence-corrected chi connectivity index (χ2v) is 5.65. The highest BCUT2D eigenvalue weighted by atomic mass is 32.1. The molecule has 2 aromatic rings. The molecule has 21 heavy (non-hydrogen) atoms. The summed E-state index contributed by atoms with van der Waals surface area (Å²) in [6, 6.07) is 5.33. The van der Waals surface area contributed by atoms with Crippen molar-refractivity contribution in [3.8, 4) is 0 Å². The van der Waals surface area contributed by atoms with E-state index in [0.717, 1.165) is 15.8 Å². The van der Waals surface area contributed by atoms with Crippen molar-refractivity contribution < 1.29 is 19.2 Å². The maximum atomic E-state index is 13.5. The summed E-state index contributed by atoms with van der Waals surface area (Å²) in [5.74, 6) is -2.61. The zero-order valence-electron chi connectivity index (χ0n) is 10.9. The number of anilines is 1. The van der Waals surface area contributed by atoms with E-state index in [0.29, 0.717) is 12.6 Å².